The lowest BCUT2D eigenvalue weighted by Crippen LogP contribution is -2.18. The van der Waals surface area contributed by atoms with Crippen LogP contribution in [0, 0.1) is 5.82 Å². The fraction of sp³-hybridized carbons (Fsp3) is 0. The molecule has 0 aliphatic carbocycles. The molecular weight excluding hydrogens is 233 g/mol. The third-order valence-electron chi connectivity index (χ3n) is 2.54. The Morgan fingerprint density at radius 3 is 2.22 bits per heavy atom. The van der Waals surface area contributed by atoms with E-state index in [1.807, 2.05) is 0 Å². The van der Waals surface area contributed by atoms with E-state index in [-0.39, 0.29) is 11.1 Å². The lowest BCUT2D eigenvalue weighted by molar-refractivity contribution is 0.0977. The second-order valence-electron chi connectivity index (χ2n) is 3.72. The summed E-state index contributed by atoms with van der Waals surface area (Å²) in [6, 6.07) is 12.2. The van der Waals surface area contributed by atoms with Gasteiger partial charge in [0.1, 0.15) is 5.82 Å². The molecule has 3 nitrogen and oxygen atoms in total. The molecular formula is C14H10FNO2. The summed E-state index contributed by atoms with van der Waals surface area (Å²) < 4.78 is 13.5. The van der Waals surface area contributed by atoms with E-state index in [1.54, 1.807) is 30.3 Å². The zero-order valence-corrected chi connectivity index (χ0v) is 9.39. The number of carbonyl (C=O) groups is 2. The van der Waals surface area contributed by atoms with Crippen LogP contribution < -0.4 is 5.73 Å². The first-order valence-electron chi connectivity index (χ1n) is 5.29. The van der Waals surface area contributed by atoms with Crippen molar-refractivity contribution < 1.29 is 14.0 Å². The zero-order chi connectivity index (χ0) is 13.1. The highest BCUT2D eigenvalue weighted by molar-refractivity contribution is 6.15. The van der Waals surface area contributed by atoms with Crippen LogP contribution in [-0.2, 0) is 0 Å². The Morgan fingerprint density at radius 2 is 1.61 bits per heavy atom. The van der Waals surface area contributed by atoms with Gasteiger partial charge in [-0.25, -0.2) is 4.39 Å². The van der Waals surface area contributed by atoms with Gasteiger partial charge in [0.15, 0.2) is 5.78 Å². The largest absolute Gasteiger partial charge is 0.365 e. The van der Waals surface area contributed by atoms with E-state index in [0.717, 1.165) is 6.07 Å². The highest BCUT2D eigenvalue weighted by Gasteiger charge is 2.19. The van der Waals surface area contributed by atoms with Crippen LogP contribution in [0.3, 0.4) is 0 Å². The average Bonchev–Trinajstić information content (AvgIpc) is 2.38. The Bertz CT molecular complexity index is 608. The minimum atomic E-state index is -0.951. The van der Waals surface area contributed by atoms with Gasteiger partial charge in [-0.3, -0.25) is 9.59 Å². The summed E-state index contributed by atoms with van der Waals surface area (Å²) in [7, 11) is 0. The fourth-order valence-electron chi connectivity index (χ4n) is 1.71. The molecule has 0 saturated carbocycles. The second kappa shape index (κ2) is 4.79. The molecule has 18 heavy (non-hydrogen) atoms. The van der Waals surface area contributed by atoms with Gasteiger partial charge in [-0.2, -0.15) is 0 Å². The molecule has 1 amide bonds. The molecule has 0 aliphatic rings. The summed E-state index contributed by atoms with van der Waals surface area (Å²) in [6.45, 7) is 0. The maximum absolute atomic E-state index is 13.5. The van der Waals surface area contributed by atoms with Crippen LogP contribution in [0.1, 0.15) is 26.3 Å². The molecule has 0 heterocycles. The summed E-state index contributed by atoms with van der Waals surface area (Å²) in [5, 5.41) is 0. The SMILES string of the molecule is NC(=O)c1c(F)cccc1C(=O)c1ccccc1. The van der Waals surface area contributed by atoms with Gasteiger partial charge in [0.2, 0.25) is 0 Å². The predicted octanol–water partition coefficient (Wildman–Crippen LogP) is 2.16. The monoisotopic (exact) mass is 243 g/mol. The van der Waals surface area contributed by atoms with E-state index in [4.69, 9.17) is 5.73 Å². The molecule has 0 aromatic heterocycles. The van der Waals surface area contributed by atoms with Crippen molar-refractivity contribution in [1.29, 1.82) is 0 Å². The Balaban J connectivity index is 2.56. The third-order valence-corrected chi connectivity index (χ3v) is 2.54. The van der Waals surface area contributed by atoms with Crippen LogP contribution in [0.25, 0.3) is 0 Å². The van der Waals surface area contributed by atoms with Crippen molar-refractivity contribution in [3.05, 3.63) is 71.0 Å². The van der Waals surface area contributed by atoms with E-state index < -0.39 is 17.5 Å². The minimum absolute atomic E-state index is 0.0197. The van der Waals surface area contributed by atoms with Crippen molar-refractivity contribution in [1.82, 2.24) is 0 Å². The number of hydrogen-bond donors (Lipinski definition) is 1. The first-order valence-corrected chi connectivity index (χ1v) is 5.29. The van der Waals surface area contributed by atoms with Crippen molar-refractivity contribution in [3.8, 4) is 0 Å². The minimum Gasteiger partial charge on any atom is -0.365 e. The van der Waals surface area contributed by atoms with E-state index >= 15 is 0 Å². The van der Waals surface area contributed by atoms with Crippen LogP contribution in [0.2, 0.25) is 0 Å². The van der Waals surface area contributed by atoms with Crippen molar-refractivity contribution in [2.75, 3.05) is 0 Å². The van der Waals surface area contributed by atoms with Crippen molar-refractivity contribution >= 4 is 11.7 Å². The lowest BCUT2D eigenvalue weighted by Gasteiger charge is -2.06. The molecule has 2 rings (SSSR count). The highest BCUT2D eigenvalue weighted by atomic mass is 19.1. The summed E-state index contributed by atoms with van der Waals surface area (Å²) in [4.78, 5) is 23.4. The molecule has 0 bridgehead atoms. The maximum atomic E-state index is 13.5. The quantitative estimate of drug-likeness (QED) is 0.840. The van der Waals surface area contributed by atoms with Crippen LogP contribution in [0.5, 0.6) is 0 Å². The second-order valence-corrected chi connectivity index (χ2v) is 3.72. The van der Waals surface area contributed by atoms with E-state index in [2.05, 4.69) is 0 Å². The van der Waals surface area contributed by atoms with Gasteiger partial charge in [0.25, 0.3) is 5.91 Å². The van der Waals surface area contributed by atoms with Gasteiger partial charge in [0.05, 0.1) is 5.56 Å². The number of carbonyl (C=O) groups excluding carboxylic acids is 2. The van der Waals surface area contributed by atoms with Crippen molar-refractivity contribution in [3.63, 3.8) is 0 Å². The smallest absolute Gasteiger partial charge is 0.252 e. The highest BCUT2D eigenvalue weighted by Crippen LogP contribution is 2.17. The molecule has 0 spiro atoms. The molecule has 0 fully saturated rings. The van der Waals surface area contributed by atoms with Crippen LogP contribution in [0.4, 0.5) is 4.39 Å². The van der Waals surface area contributed by atoms with Crippen molar-refractivity contribution in [2.24, 2.45) is 5.73 Å². The molecule has 2 N–H and O–H groups in total. The molecule has 2 aromatic rings. The van der Waals surface area contributed by atoms with Gasteiger partial charge in [-0.05, 0) is 6.07 Å². The van der Waals surface area contributed by atoms with E-state index in [0.29, 0.717) is 5.56 Å². The van der Waals surface area contributed by atoms with Gasteiger partial charge < -0.3 is 5.73 Å². The third kappa shape index (κ3) is 2.13. The Hall–Kier alpha value is -2.49. The van der Waals surface area contributed by atoms with Gasteiger partial charge >= 0.3 is 0 Å². The van der Waals surface area contributed by atoms with Crippen LogP contribution >= 0.6 is 0 Å². The number of nitrogens with two attached hydrogens (primary N) is 1. The molecule has 4 heteroatoms. The van der Waals surface area contributed by atoms with Crippen molar-refractivity contribution in [2.45, 2.75) is 0 Å². The predicted molar refractivity (Wildman–Crippen MR) is 64.8 cm³/mol. The Morgan fingerprint density at radius 1 is 0.944 bits per heavy atom. The van der Waals surface area contributed by atoms with Gasteiger partial charge in [-0.1, -0.05) is 42.5 Å². The molecule has 0 saturated heterocycles. The summed E-state index contributed by atoms with van der Waals surface area (Å²) in [5.74, 6) is -2.17. The van der Waals surface area contributed by atoms with Gasteiger partial charge in [-0.15, -0.1) is 0 Å². The average molecular weight is 243 g/mol. The number of rotatable bonds is 3. The molecule has 0 aliphatic heterocycles. The lowest BCUT2D eigenvalue weighted by atomic mass is 9.97. The molecule has 0 radical (unpaired) electrons. The maximum Gasteiger partial charge on any atom is 0.252 e. The summed E-state index contributed by atoms with van der Waals surface area (Å²) in [6.07, 6.45) is 0. The number of primary amides is 1. The van der Waals surface area contributed by atoms with Crippen LogP contribution in [-0.4, -0.2) is 11.7 Å². The molecule has 90 valence electrons. The number of amides is 1. The number of halogens is 1. The summed E-state index contributed by atoms with van der Waals surface area (Å²) in [5.41, 5.74) is 5.09. The molecule has 0 atom stereocenters. The number of ketones is 1. The Labute approximate surface area is 103 Å². The van der Waals surface area contributed by atoms with Gasteiger partial charge in [0, 0.05) is 11.1 Å². The normalized spacial score (nSPS) is 10.1. The first-order chi connectivity index (χ1) is 8.61. The zero-order valence-electron chi connectivity index (χ0n) is 9.39. The summed E-state index contributed by atoms with van der Waals surface area (Å²) >= 11 is 0. The van der Waals surface area contributed by atoms with E-state index in [1.165, 1.54) is 12.1 Å². The number of benzene rings is 2. The Kier molecular flexibility index (Phi) is 3.19. The van der Waals surface area contributed by atoms with Crippen LogP contribution in [0.15, 0.2) is 48.5 Å². The number of hydrogen-bond acceptors (Lipinski definition) is 2. The standard InChI is InChI=1S/C14H10FNO2/c15-11-8-4-7-10(12(11)14(16)18)13(17)9-5-2-1-3-6-9/h1-8H,(H2,16,18). The molecule has 2 aromatic carbocycles. The van der Waals surface area contributed by atoms with E-state index in [9.17, 15) is 14.0 Å². The first kappa shape index (κ1) is 12.0. The fourth-order valence-corrected chi connectivity index (χ4v) is 1.71. The topological polar surface area (TPSA) is 60.2 Å². The molecule has 0 unspecified atom stereocenters.